The topological polar surface area (TPSA) is 32.9 Å². The van der Waals surface area contributed by atoms with Gasteiger partial charge in [0.15, 0.2) is 5.78 Å². The Hall–Kier alpha value is -2.84. The van der Waals surface area contributed by atoms with Crippen LogP contribution in [0.2, 0.25) is 5.02 Å². The first-order valence-corrected chi connectivity index (χ1v) is 9.41. The predicted molar refractivity (Wildman–Crippen MR) is 112 cm³/mol. The lowest BCUT2D eigenvalue weighted by atomic mass is 9.85. The van der Waals surface area contributed by atoms with Crippen LogP contribution in [-0.4, -0.2) is 10.8 Å². The highest BCUT2D eigenvalue weighted by Gasteiger charge is 2.22. The number of Topliss-reactive ketones (excluding diaryl/α,β-unsaturated/α-hetero) is 1. The van der Waals surface area contributed by atoms with Crippen LogP contribution in [0.1, 0.15) is 39.4 Å². The van der Waals surface area contributed by atoms with Crippen LogP contribution in [0.3, 0.4) is 0 Å². The molecule has 1 N–H and O–H groups in total. The molecule has 1 heterocycles. The Morgan fingerprint density at radius 1 is 1.00 bits per heavy atom. The minimum absolute atomic E-state index is 0.0622. The second-order valence-corrected chi connectivity index (χ2v) is 7.33. The van der Waals surface area contributed by atoms with Crippen molar-refractivity contribution in [2.45, 2.75) is 19.3 Å². The number of ketones is 1. The van der Waals surface area contributed by atoms with E-state index in [1.807, 2.05) is 60.8 Å². The number of carbonyl (C=O) groups is 1. The van der Waals surface area contributed by atoms with Crippen molar-refractivity contribution in [3.05, 3.63) is 106 Å². The van der Waals surface area contributed by atoms with Crippen LogP contribution in [0.5, 0.6) is 0 Å². The van der Waals surface area contributed by atoms with E-state index < -0.39 is 0 Å². The van der Waals surface area contributed by atoms with Crippen LogP contribution in [0, 0.1) is 6.92 Å². The summed E-state index contributed by atoms with van der Waals surface area (Å²) in [6, 6.07) is 23.6. The molecule has 2 nitrogen and oxygen atoms in total. The smallest absolute Gasteiger partial charge is 0.163 e. The molecule has 1 aromatic heterocycles. The molecule has 3 aromatic carbocycles. The lowest BCUT2D eigenvalue weighted by molar-refractivity contribution is 0.0978. The minimum atomic E-state index is -0.0622. The number of rotatable bonds is 5. The van der Waals surface area contributed by atoms with E-state index in [4.69, 9.17) is 11.6 Å². The standard InChI is InChI=1S/C24H20ClNO/c1-16-10-11-20-22(15-26-23(20)12-16)21(18-8-5-9-19(25)13-18)14-24(27)17-6-3-2-4-7-17/h2-13,15,21,26H,14H2,1H3. The van der Waals surface area contributed by atoms with E-state index in [0.717, 1.165) is 27.6 Å². The van der Waals surface area contributed by atoms with Gasteiger partial charge in [-0.3, -0.25) is 4.79 Å². The molecule has 0 spiro atoms. The molecule has 0 saturated heterocycles. The Morgan fingerprint density at radius 2 is 1.81 bits per heavy atom. The van der Waals surface area contributed by atoms with E-state index in [-0.39, 0.29) is 11.7 Å². The van der Waals surface area contributed by atoms with Crippen LogP contribution >= 0.6 is 11.6 Å². The zero-order valence-corrected chi connectivity index (χ0v) is 15.8. The first-order chi connectivity index (χ1) is 13.1. The number of hydrogen-bond acceptors (Lipinski definition) is 1. The first kappa shape index (κ1) is 17.6. The summed E-state index contributed by atoms with van der Waals surface area (Å²) in [5.41, 5.74) is 5.20. The molecular weight excluding hydrogens is 354 g/mol. The predicted octanol–water partition coefficient (Wildman–Crippen LogP) is 6.53. The van der Waals surface area contributed by atoms with Crippen molar-refractivity contribution in [3.8, 4) is 0 Å². The Labute approximate surface area is 163 Å². The summed E-state index contributed by atoms with van der Waals surface area (Å²) in [4.78, 5) is 16.3. The third kappa shape index (κ3) is 3.67. The minimum Gasteiger partial charge on any atom is -0.361 e. The Kier molecular flexibility index (Phi) is 4.83. The van der Waals surface area contributed by atoms with E-state index in [1.165, 1.54) is 5.56 Å². The van der Waals surface area contributed by atoms with Gasteiger partial charge in [-0.25, -0.2) is 0 Å². The molecule has 1 unspecified atom stereocenters. The summed E-state index contributed by atoms with van der Waals surface area (Å²) in [5, 5.41) is 1.83. The summed E-state index contributed by atoms with van der Waals surface area (Å²) in [6.07, 6.45) is 2.42. The second kappa shape index (κ2) is 7.42. The van der Waals surface area contributed by atoms with E-state index in [9.17, 15) is 4.79 Å². The molecule has 0 aliphatic carbocycles. The molecule has 0 amide bonds. The maximum Gasteiger partial charge on any atom is 0.163 e. The quantitative estimate of drug-likeness (QED) is 0.396. The molecule has 4 rings (SSSR count). The highest BCUT2D eigenvalue weighted by Crippen LogP contribution is 2.35. The maximum atomic E-state index is 13.0. The number of halogens is 1. The number of benzene rings is 3. The van der Waals surface area contributed by atoms with Crippen LogP contribution in [0.15, 0.2) is 79.0 Å². The number of aryl methyl sites for hydroxylation is 1. The van der Waals surface area contributed by atoms with Crippen LogP contribution in [-0.2, 0) is 0 Å². The van der Waals surface area contributed by atoms with Crippen molar-refractivity contribution in [1.29, 1.82) is 0 Å². The molecule has 0 saturated carbocycles. The zero-order valence-electron chi connectivity index (χ0n) is 15.1. The maximum absolute atomic E-state index is 13.0. The van der Waals surface area contributed by atoms with Crippen LogP contribution in [0.25, 0.3) is 10.9 Å². The average molecular weight is 374 g/mol. The van der Waals surface area contributed by atoms with Crippen molar-refractivity contribution >= 4 is 28.3 Å². The van der Waals surface area contributed by atoms with Gasteiger partial charge in [-0.05, 0) is 41.8 Å². The van der Waals surface area contributed by atoms with Crippen molar-refractivity contribution in [3.63, 3.8) is 0 Å². The molecule has 4 aromatic rings. The Balaban J connectivity index is 1.79. The molecular formula is C24H20ClNO. The van der Waals surface area contributed by atoms with Crippen LogP contribution in [0.4, 0.5) is 0 Å². The number of H-pyrrole nitrogens is 1. The molecule has 0 radical (unpaired) electrons. The van der Waals surface area contributed by atoms with Gasteiger partial charge in [0.1, 0.15) is 0 Å². The Bertz CT molecular complexity index is 1100. The molecule has 27 heavy (non-hydrogen) atoms. The van der Waals surface area contributed by atoms with Crippen molar-refractivity contribution in [2.24, 2.45) is 0 Å². The molecule has 0 aliphatic heterocycles. The zero-order chi connectivity index (χ0) is 18.8. The van der Waals surface area contributed by atoms with E-state index in [2.05, 4.69) is 30.1 Å². The molecule has 134 valence electrons. The monoisotopic (exact) mass is 373 g/mol. The fourth-order valence-corrected chi connectivity index (χ4v) is 3.81. The third-order valence-corrected chi connectivity index (χ3v) is 5.22. The summed E-state index contributed by atoms with van der Waals surface area (Å²) in [5.74, 6) is 0.0647. The van der Waals surface area contributed by atoms with Gasteiger partial charge >= 0.3 is 0 Å². The summed E-state index contributed by atoms with van der Waals surface area (Å²) in [7, 11) is 0. The van der Waals surface area contributed by atoms with Crippen LogP contribution < -0.4 is 0 Å². The number of nitrogens with one attached hydrogen (secondary N) is 1. The van der Waals surface area contributed by atoms with Crippen molar-refractivity contribution in [1.82, 2.24) is 4.98 Å². The summed E-state index contributed by atoms with van der Waals surface area (Å²) < 4.78 is 0. The molecule has 0 aliphatic rings. The first-order valence-electron chi connectivity index (χ1n) is 9.03. The largest absolute Gasteiger partial charge is 0.361 e. The third-order valence-electron chi connectivity index (χ3n) is 4.98. The van der Waals surface area contributed by atoms with Gasteiger partial charge in [-0.2, -0.15) is 0 Å². The van der Waals surface area contributed by atoms with Gasteiger partial charge in [0.05, 0.1) is 0 Å². The number of aromatic nitrogens is 1. The number of fused-ring (bicyclic) bond motifs is 1. The molecule has 3 heteroatoms. The van der Waals surface area contributed by atoms with Gasteiger partial charge in [-0.1, -0.05) is 66.2 Å². The molecule has 0 bridgehead atoms. The second-order valence-electron chi connectivity index (χ2n) is 6.89. The summed E-state index contributed by atoms with van der Waals surface area (Å²) in [6.45, 7) is 2.08. The normalized spacial score (nSPS) is 12.2. The average Bonchev–Trinajstić information content (AvgIpc) is 3.09. The lowest BCUT2D eigenvalue weighted by Crippen LogP contribution is -2.09. The fourth-order valence-electron chi connectivity index (χ4n) is 3.61. The fraction of sp³-hybridized carbons (Fsp3) is 0.125. The van der Waals surface area contributed by atoms with E-state index >= 15 is 0 Å². The molecule has 0 fully saturated rings. The van der Waals surface area contributed by atoms with Crippen molar-refractivity contribution in [2.75, 3.05) is 0 Å². The highest BCUT2D eigenvalue weighted by molar-refractivity contribution is 6.30. The van der Waals surface area contributed by atoms with Gasteiger partial charge in [0.2, 0.25) is 0 Å². The highest BCUT2D eigenvalue weighted by atomic mass is 35.5. The van der Waals surface area contributed by atoms with E-state index in [1.54, 1.807) is 0 Å². The number of hydrogen-bond donors (Lipinski definition) is 1. The number of aromatic amines is 1. The van der Waals surface area contributed by atoms with Gasteiger partial charge in [-0.15, -0.1) is 0 Å². The van der Waals surface area contributed by atoms with Gasteiger partial charge in [0, 0.05) is 40.0 Å². The van der Waals surface area contributed by atoms with E-state index in [0.29, 0.717) is 11.4 Å². The van der Waals surface area contributed by atoms with Gasteiger partial charge in [0.25, 0.3) is 0 Å². The van der Waals surface area contributed by atoms with Gasteiger partial charge < -0.3 is 4.98 Å². The Morgan fingerprint density at radius 3 is 2.59 bits per heavy atom. The lowest BCUT2D eigenvalue weighted by Gasteiger charge is -2.17. The molecule has 1 atom stereocenters. The van der Waals surface area contributed by atoms with Crippen molar-refractivity contribution < 1.29 is 4.79 Å². The SMILES string of the molecule is Cc1ccc2c(C(CC(=O)c3ccccc3)c3cccc(Cl)c3)c[nH]c2c1. The number of carbonyl (C=O) groups excluding carboxylic acids is 1. The summed E-state index contributed by atoms with van der Waals surface area (Å²) >= 11 is 6.25.